The maximum atomic E-state index is 9.05. The summed E-state index contributed by atoms with van der Waals surface area (Å²) in [5.74, 6) is 5.64. The maximum absolute atomic E-state index is 9.05. The zero-order chi connectivity index (χ0) is 18.1. The van der Waals surface area contributed by atoms with Crippen molar-refractivity contribution in [3.8, 4) is 0 Å². The second-order valence-electron chi connectivity index (χ2n) is 9.21. The van der Waals surface area contributed by atoms with Gasteiger partial charge in [0.05, 0.1) is 6.10 Å². The van der Waals surface area contributed by atoms with E-state index in [4.69, 9.17) is 9.84 Å². The highest BCUT2D eigenvalue weighted by atomic mass is 16.5. The van der Waals surface area contributed by atoms with Gasteiger partial charge in [-0.1, -0.05) is 26.7 Å². The molecule has 0 radical (unpaired) electrons. The first-order chi connectivity index (χ1) is 12.1. The van der Waals surface area contributed by atoms with E-state index in [1.165, 1.54) is 36.5 Å². The van der Waals surface area contributed by atoms with Crippen LogP contribution < -0.4 is 0 Å². The fourth-order valence-corrected chi connectivity index (χ4v) is 5.36. The van der Waals surface area contributed by atoms with Crippen molar-refractivity contribution in [1.82, 2.24) is 0 Å². The van der Waals surface area contributed by atoms with Crippen molar-refractivity contribution in [3.05, 3.63) is 0 Å². The monoisotopic (exact) mass is 352 g/mol. The van der Waals surface area contributed by atoms with Crippen LogP contribution in [-0.4, -0.2) is 24.4 Å². The van der Waals surface area contributed by atoms with Crippen LogP contribution in [0, 0.1) is 29.6 Å². The summed E-state index contributed by atoms with van der Waals surface area (Å²) in [5, 5.41) is 9.05. The Hall–Kier alpha value is -0.0800. The molecule has 4 bridgehead atoms. The molecule has 0 aliphatic heterocycles. The summed E-state index contributed by atoms with van der Waals surface area (Å²) in [5.41, 5.74) is 0. The Morgan fingerprint density at radius 1 is 0.760 bits per heavy atom. The Balaban J connectivity index is 0.000000139. The average molecular weight is 353 g/mol. The molecule has 5 rings (SSSR count). The molecule has 5 aliphatic carbocycles. The molecule has 0 aromatic rings. The van der Waals surface area contributed by atoms with Crippen molar-refractivity contribution in [2.45, 2.75) is 104 Å². The lowest BCUT2D eigenvalue weighted by Gasteiger charge is -2.49. The largest absolute Gasteiger partial charge is 0.393 e. The summed E-state index contributed by atoms with van der Waals surface area (Å²) >= 11 is 0. The summed E-state index contributed by atoms with van der Waals surface area (Å²) in [4.78, 5) is 0. The van der Waals surface area contributed by atoms with E-state index in [9.17, 15) is 0 Å². The van der Waals surface area contributed by atoms with Gasteiger partial charge in [0, 0.05) is 13.2 Å². The van der Waals surface area contributed by atoms with Crippen LogP contribution in [0.3, 0.4) is 0 Å². The highest BCUT2D eigenvalue weighted by Crippen LogP contribution is 2.53. The molecule has 2 nitrogen and oxygen atoms in total. The molecule has 0 aromatic carbocycles. The summed E-state index contributed by atoms with van der Waals surface area (Å²) in [6, 6.07) is 0. The first kappa shape index (κ1) is 21.2. The van der Waals surface area contributed by atoms with E-state index < -0.39 is 0 Å². The molecule has 0 amide bonds. The van der Waals surface area contributed by atoms with E-state index in [1.807, 2.05) is 6.92 Å². The van der Waals surface area contributed by atoms with Gasteiger partial charge < -0.3 is 9.84 Å². The molecule has 2 heteroatoms. The quantitative estimate of drug-likeness (QED) is 0.590. The summed E-state index contributed by atoms with van der Waals surface area (Å²) < 4.78 is 5.16. The van der Waals surface area contributed by atoms with E-state index in [1.54, 1.807) is 38.5 Å². The van der Waals surface area contributed by atoms with Gasteiger partial charge in [-0.15, -0.1) is 0 Å². The number of hydrogen-bond donors (Lipinski definition) is 1. The lowest BCUT2D eigenvalue weighted by Crippen LogP contribution is -2.38. The molecule has 1 N–H and O–H groups in total. The molecule has 0 atom stereocenters. The van der Waals surface area contributed by atoms with Gasteiger partial charge in [-0.25, -0.2) is 0 Å². The van der Waals surface area contributed by atoms with Crippen molar-refractivity contribution >= 4 is 0 Å². The van der Waals surface area contributed by atoms with E-state index in [-0.39, 0.29) is 6.10 Å². The van der Waals surface area contributed by atoms with Gasteiger partial charge in [-0.2, -0.15) is 0 Å². The fourth-order valence-electron chi connectivity index (χ4n) is 5.36. The second kappa shape index (κ2) is 11.6. The molecule has 0 heterocycles. The van der Waals surface area contributed by atoms with E-state index in [0.29, 0.717) is 0 Å². The van der Waals surface area contributed by atoms with Gasteiger partial charge in [-0.05, 0) is 101 Å². The van der Waals surface area contributed by atoms with E-state index in [0.717, 1.165) is 44.8 Å². The third kappa shape index (κ3) is 8.43. The van der Waals surface area contributed by atoms with Crippen molar-refractivity contribution < 1.29 is 9.84 Å². The predicted molar refractivity (Wildman–Crippen MR) is 107 cm³/mol. The van der Waals surface area contributed by atoms with Gasteiger partial charge >= 0.3 is 0 Å². The maximum Gasteiger partial charge on any atom is 0.0540 e. The number of aliphatic hydroxyl groups excluding tert-OH is 1. The molecule has 5 fully saturated rings. The highest BCUT2D eigenvalue weighted by molar-refractivity contribution is 4.92. The first-order valence-electron chi connectivity index (χ1n) is 11.4. The Labute approximate surface area is 157 Å². The highest BCUT2D eigenvalue weighted by Gasteiger charge is 2.41. The van der Waals surface area contributed by atoms with E-state index in [2.05, 4.69) is 13.8 Å². The summed E-state index contributed by atoms with van der Waals surface area (Å²) in [6.45, 7) is 8.13. The molecule has 25 heavy (non-hydrogen) atoms. The van der Waals surface area contributed by atoms with Gasteiger partial charge in [0.15, 0.2) is 0 Å². The topological polar surface area (TPSA) is 29.5 Å². The van der Waals surface area contributed by atoms with Crippen molar-refractivity contribution in [3.63, 3.8) is 0 Å². The summed E-state index contributed by atoms with van der Waals surface area (Å²) in [7, 11) is 0. The van der Waals surface area contributed by atoms with Gasteiger partial charge in [0.25, 0.3) is 0 Å². The van der Waals surface area contributed by atoms with Gasteiger partial charge in [-0.3, -0.25) is 0 Å². The number of aliphatic hydroxyl groups is 1. The minimum atomic E-state index is -0.0370. The van der Waals surface area contributed by atoms with Crippen LogP contribution in [0.1, 0.15) is 97.8 Å². The van der Waals surface area contributed by atoms with Crippen LogP contribution in [-0.2, 0) is 4.74 Å². The number of ether oxygens (including phenoxy) is 1. The Morgan fingerprint density at radius 2 is 1.16 bits per heavy atom. The zero-order valence-corrected chi connectivity index (χ0v) is 17.2. The lowest BCUT2D eigenvalue weighted by molar-refractivity contribution is 0.0198. The summed E-state index contributed by atoms with van der Waals surface area (Å²) in [6.07, 6.45) is 16.5. The SMILES string of the molecule is C1C2CC3CC1CC(C2)C3.CCCC(O)CCC.CCOCC1CC1. The van der Waals surface area contributed by atoms with Crippen molar-refractivity contribution in [2.75, 3.05) is 13.2 Å². The molecule has 0 saturated heterocycles. The second-order valence-corrected chi connectivity index (χ2v) is 9.21. The third-order valence-corrected chi connectivity index (χ3v) is 6.50. The molecule has 148 valence electrons. The van der Waals surface area contributed by atoms with Crippen LogP contribution in [0.4, 0.5) is 0 Å². The molecule has 5 aliphatic rings. The number of rotatable bonds is 7. The fraction of sp³-hybridized carbons (Fsp3) is 1.00. The molecule has 0 unspecified atom stereocenters. The molecular weight excluding hydrogens is 308 g/mol. The minimum absolute atomic E-state index is 0.0370. The Bertz CT molecular complexity index is 274. The third-order valence-electron chi connectivity index (χ3n) is 6.50. The van der Waals surface area contributed by atoms with Crippen LogP contribution in [0.15, 0.2) is 0 Å². The molecule has 5 saturated carbocycles. The first-order valence-corrected chi connectivity index (χ1v) is 11.4. The van der Waals surface area contributed by atoms with Gasteiger partial charge in [0.1, 0.15) is 0 Å². The van der Waals surface area contributed by atoms with Crippen LogP contribution in [0.2, 0.25) is 0 Å². The predicted octanol–water partition coefficient (Wildman–Crippen LogP) is 6.21. The van der Waals surface area contributed by atoms with Crippen LogP contribution in [0.25, 0.3) is 0 Å². The van der Waals surface area contributed by atoms with Gasteiger partial charge in [0.2, 0.25) is 0 Å². The smallest absolute Gasteiger partial charge is 0.0540 e. The normalized spacial score (nSPS) is 32.0. The molecule has 0 aromatic heterocycles. The van der Waals surface area contributed by atoms with Crippen LogP contribution >= 0.6 is 0 Å². The Morgan fingerprint density at radius 3 is 1.44 bits per heavy atom. The van der Waals surface area contributed by atoms with Crippen molar-refractivity contribution in [2.24, 2.45) is 29.6 Å². The zero-order valence-electron chi connectivity index (χ0n) is 17.2. The van der Waals surface area contributed by atoms with Crippen molar-refractivity contribution in [1.29, 1.82) is 0 Å². The lowest BCUT2D eigenvalue weighted by atomic mass is 9.56. The number of hydrogen-bond acceptors (Lipinski definition) is 2. The standard InChI is InChI=1S/C10H16.C7H16O.C6H12O/c1-7-2-9-4-8(1)5-10(3-7)6-9;1-3-5-7(8)6-4-2;1-2-7-5-6-3-4-6/h7-10H,1-6H2;7-8H,3-6H2,1-2H3;6H,2-5H2,1H3. The van der Waals surface area contributed by atoms with Crippen LogP contribution in [0.5, 0.6) is 0 Å². The molecular formula is C23H44O2. The van der Waals surface area contributed by atoms with E-state index >= 15 is 0 Å². The average Bonchev–Trinajstić information content (AvgIpc) is 3.38. The molecule has 0 spiro atoms. The Kier molecular flexibility index (Phi) is 9.84. The minimum Gasteiger partial charge on any atom is -0.393 e.